The molecular weight excluding hydrogens is 232 g/mol. The van der Waals surface area contributed by atoms with Crippen LogP contribution in [0.2, 0.25) is 5.02 Å². The van der Waals surface area contributed by atoms with E-state index < -0.39 is 0 Å². The van der Waals surface area contributed by atoms with Gasteiger partial charge in [-0.15, -0.1) is 11.8 Å². The average molecular weight is 245 g/mol. The van der Waals surface area contributed by atoms with E-state index in [4.69, 9.17) is 27.9 Å². The van der Waals surface area contributed by atoms with Gasteiger partial charge in [-0.2, -0.15) is 0 Å². The van der Waals surface area contributed by atoms with Crippen LogP contribution in [0.3, 0.4) is 0 Å². The highest BCUT2D eigenvalue weighted by Gasteiger charge is 2.12. The van der Waals surface area contributed by atoms with E-state index in [1.807, 2.05) is 13.0 Å². The topological polar surface area (TPSA) is 70.1 Å². The third-order valence-electron chi connectivity index (χ3n) is 1.83. The van der Waals surface area contributed by atoms with Crippen molar-refractivity contribution in [3.8, 4) is 0 Å². The zero-order valence-corrected chi connectivity index (χ0v) is 9.90. The van der Waals surface area contributed by atoms with Crippen LogP contribution in [0.25, 0.3) is 0 Å². The van der Waals surface area contributed by atoms with E-state index in [0.29, 0.717) is 10.6 Å². The number of thioether (sulfide) groups is 1. The van der Waals surface area contributed by atoms with Gasteiger partial charge < -0.3 is 10.8 Å². The number of aliphatic hydroxyl groups excluding tert-OH is 1. The van der Waals surface area contributed by atoms with Crippen molar-refractivity contribution >= 4 is 29.2 Å². The number of nitrogen functional groups attached to an aromatic ring is 1. The lowest BCUT2D eigenvalue weighted by molar-refractivity contribution is 0.300. The predicted octanol–water partition coefficient (Wildman–Crippen LogP) is 2.10. The molecule has 82 valence electrons. The third-order valence-corrected chi connectivity index (χ3v) is 3.29. The van der Waals surface area contributed by atoms with Crippen molar-refractivity contribution in [1.82, 2.24) is 0 Å². The largest absolute Gasteiger partial charge is 0.395 e. The maximum atomic E-state index is 8.96. The Kier molecular flexibility index (Phi) is 4.45. The van der Waals surface area contributed by atoms with Crippen LogP contribution in [0.15, 0.2) is 23.1 Å². The molecule has 0 aliphatic carbocycles. The summed E-state index contributed by atoms with van der Waals surface area (Å²) in [5.41, 5.74) is 6.00. The van der Waals surface area contributed by atoms with Gasteiger partial charge in [-0.05, 0) is 12.1 Å². The highest BCUT2D eigenvalue weighted by atomic mass is 35.5. The Morgan fingerprint density at radius 1 is 1.67 bits per heavy atom. The Morgan fingerprint density at radius 2 is 2.33 bits per heavy atom. The molecule has 0 radical (unpaired) electrons. The molecule has 0 aliphatic rings. The second kappa shape index (κ2) is 5.39. The number of amidine groups is 1. The molecule has 0 bridgehead atoms. The molecule has 5 heteroatoms. The monoisotopic (exact) mass is 244 g/mol. The molecule has 0 aliphatic heterocycles. The van der Waals surface area contributed by atoms with Crippen molar-refractivity contribution in [2.45, 2.75) is 17.1 Å². The van der Waals surface area contributed by atoms with Gasteiger partial charge in [0.2, 0.25) is 0 Å². The summed E-state index contributed by atoms with van der Waals surface area (Å²) in [5.74, 6) is -0.0479. The lowest BCUT2D eigenvalue weighted by atomic mass is 10.2. The van der Waals surface area contributed by atoms with Crippen molar-refractivity contribution in [3.63, 3.8) is 0 Å². The van der Waals surface area contributed by atoms with Gasteiger partial charge in [0.15, 0.2) is 0 Å². The molecule has 0 heterocycles. The van der Waals surface area contributed by atoms with Gasteiger partial charge in [0, 0.05) is 15.7 Å². The Bertz CT molecular complexity index is 370. The molecule has 1 aromatic rings. The van der Waals surface area contributed by atoms with Gasteiger partial charge in [0.05, 0.1) is 11.6 Å². The van der Waals surface area contributed by atoms with E-state index in [-0.39, 0.29) is 17.7 Å². The van der Waals surface area contributed by atoms with Crippen LogP contribution in [-0.4, -0.2) is 22.8 Å². The number of halogens is 1. The van der Waals surface area contributed by atoms with Gasteiger partial charge in [0.25, 0.3) is 0 Å². The van der Waals surface area contributed by atoms with Crippen molar-refractivity contribution in [2.75, 3.05) is 6.61 Å². The van der Waals surface area contributed by atoms with Gasteiger partial charge in [-0.25, -0.2) is 0 Å². The van der Waals surface area contributed by atoms with E-state index in [1.54, 1.807) is 12.1 Å². The minimum absolute atomic E-state index is 0.0479. The van der Waals surface area contributed by atoms with Crippen LogP contribution in [0.4, 0.5) is 0 Å². The van der Waals surface area contributed by atoms with Crippen LogP contribution in [0, 0.1) is 5.41 Å². The molecule has 15 heavy (non-hydrogen) atoms. The first-order chi connectivity index (χ1) is 7.06. The summed E-state index contributed by atoms with van der Waals surface area (Å²) in [5, 5.41) is 16.9. The fourth-order valence-electron chi connectivity index (χ4n) is 1.12. The first-order valence-electron chi connectivity index (χ1n) is 4.46. The third kappa shape index (κ3) is 3.12. The number of hydrogen-bond donors (Lipinski definition) is 3. The number of benzene rings is 1. The first kappa shape index (κ1) is 12.4. The average Bonchev–Trinajstić information content (AvgIpc) is 2.17. The van der Waals surface area contributed by atoms with Gasteiger partial charge in [-0.3, -0.25) is 5.41 Å². The van der Waals surface area contributed by atoms with Crippen molar-refractivity contribution in [2.24, 2.45) is 5.73 Å². The Hall–Kier alpha value is -0.710. The van der Waals surface area contributed by atoms with E-state index in [2.05, 4.69) is 0 Å². The molecule has 4 N–H and O–H groups in total. The van der Waals surface area contributed by atoms with Gasteiger partial charge in [0.1, 0.15) is 5.84 Å². The smallest absolute Gasteiger partial charge is 0.125 e. The van der Waals surface area contributed by atoms with E-state index >= 15 is 0 Å². The maximum absolute atomic E-state index is 8.96. The van der Waals surface area contributed by atoms with Crippen molar-refractivity contribution in [3.05, 3.63) is 28.8 Å². The molecule has 0 amide bonds. The van der Waals surface area contributed by atoms with Crippen LogP contribution < -0.4 is 5.73 Å². The summed E-state index contributed by atoms with van der Waals surface area (Å²) < 4.78 is 0. The summed E-state index contributed by atoms with van der Waals surface area (Å²) in [6.07, 6.45) is 0. The zero-order chi connectivity index (χ0) is 11.4. The molecule has 0 saturated carbocycles. The first-order valence-corrected chi connectivity index (χ1v) is 5.72. The fourth-order valence-corrected chi connectivity index (χ4v) is 2.45. The Labute approximate surface area is 98.1 Å². The summed E-state index contributed by atoms with van der Waals surface area (Å²) in [7, 11) is 0. The standard InChI is InChI=1S/C10H13ClN2OS/c1-6(5-14)15-8-4-2-3-7(11)9(8)10(12)13/h2-4,6,14H,5H2,1H3,(H3,12,13). The molecule has 1 unspecified atom stereocenters. The lowest BCUT2D eigenvalue weighted by Gasteiger charge is -2.12. The van der Waals surface area contributed by atoms with Crippen LogP contribution in [0.5, 0.6) is 0 Å². The zero-order valence-electron chi connectivity index (χ0n) is 8.33. The minimum Gasteiger partial charge on any atom is -0.395 e. The summed E-state index contributed by atoms with van der Waals surface area (Å²) in [6, 6.07) is 5.35. The molecular formula is C10H13ClN2OS. The summed E-state index contributed by atoms with van der Waals surface area (Å²) >= 11 is 7.41. The summed E-state index contributed by atoms with van der Waals surface area (Å²) in [6.45, 7) is 1.98. The second-order valence-electron chi connectivity index (χ2n) is 3.14. The quantitative estimate of drug-likeness (QED) is 0.432. The normalized spacial score (nSPS) is 12.5. The highest BCUT2D eigenvalue weighted by molar-refractivity contribution is 8.00. The van der Waals surface area contributed by atoms with E-state index in [1.165, 1.54) is 11.8 Å². The molecule has 0 saturated heterocycles. The molecule has 3 nitrogen and oxygen atoms in total. The van der Waals surface area contributed by atoms with Crippen molar-refractivity contribution in [1.29, 1.82) is 5.41 Å². The van der Waals surface area contributed by atoms with Crippen molar-refractivity contribution < 1.29 is 5.11 Å². The predicted molar refractivity (Wildman–Crippen MR) is 64.9 cm³/mol. The number of nitrogens with one attached hydrogen (secondary N) is 1. The van der Waals surface area contributed by atoms with E-state index in [0.717, 1.165) is 4.90 Å². The number of hydrogen-bond acceptors (Lipinski definition) is 3. The van der Waals surface area contributed by atoms with E-state index in [9.17, 15) is 0 Å². The minimum atomic E-state index is -0.0479. The molecule has 1 atom stereocenters. The number of rotatable bonds is 4. The Morgan fingerprint density at radius 3 is 2.87 bits per heavy atom. The fraction of sp³-hybridized carbons (Fsp3) is 0.300. The maximum Gasteiger partial charge on any atom is 0.125 e. The molecule has 1 rings (SSSR count). The Balaban J connectivity index is 3.06. The molecule has 0 fully saturated rings. The lowest BCUT2D eigenvalue weighted by Crippen LogP contribution is -2.14. The number of nitrogens with two attached hydrogens (primary N) is 1. The number of aliphatic hydroxyl groups is 1. The van der Waals surface area contributed by atoms with Crippen LogP contribution in [0.1, 0.15) is 12.5 Å². The second-order valence-corrected chi connectivity index (χ2v) is 5.03. The molecule has 0 spiro atoms. The van der Waals surface area contributed by atoms with Crippen LogP contribution >= 0.6 is 23.4 Å². The summed E-state index contributed by atoms with van der Waals surface area (Å²) in [4.78, 5) is 0.830. The SMILES string of the molecule is CC(CO)Sc1cccc(Cl)c1C(=N)N. The highest BCUT2D eigenvalue weighted by Crippen LogP contribution is 2.30. The molecule has 0 aromatic heterocycles. The van der Waals surface area contributed by atoms with Gasteiger partial charge >= 0.3 is 0 Å². The van der Waals surface area contributed by atoms with Gasteiger partial charge in [-0.1, -0.05) is 24.6 Å². The van der Waals surface area contributed by atoms with Crippen LogP contribution in [-0.2, 0) is 0 Å². The molecule has 1 aromatic carbocycles.